The number of hydrogen-bond acceptors (Lipinski definition) is 5. The van der Waals surface area contributed by atoms with Crippen LogP contribution >= 0.6 is 0 Å². The minimum Gasteiger partial charge on any atom is -0.481 e. The van der Waals surface area contributed by atoms with Crippen molar-refractivity contribution in [2.75, 3.05) is 13.7 Å². The van der Waals surface area contributed by atoms with E-state index in [0.717, 1.165) is 0 Å². The molecule has 2 atom stereocenters. The van der Waals surface area contributed by atoms with Crippen molar-refractivity contribution in [1.29, 1.82) is 0 Å². The number of rotatable bonds is 10. The molecule has 0 aromatic carbocycles. The standard InChI is InChI=1S/C11H20N2O6/c1-19-7(6-12)5-9(14)13-8(11(17)18)3-2-4-10(15)16/h7-8H,2-6,12H2,1H3,(H,13,14)(H,15,16)(H,17,18)/t7?,8-/m1/s1. The smallest absolute Gasteiger partial charge is 0.326 e. The van der Waals surface area contributed by atoms with E-state index in [1.54, 1.807) is 0 Å². The molecule has 0 aromatic heterocycles. The predicted molar refractivity (Wildman–Crippen MR) is 65.5 cm³/mol. The first-order chi connectivity index (χ1) is 8.90. The van der Waals surface area contributed by atoms with Crippen LogP contribution in [0.5, 0.6) is 0 Å². The molecule has 0 fully saturated rings. The maximum absolute atomic E-state index is 11.6. The molecule has 0 heterocycles. The number of ether oxygens (including phenoxy) is 1. The second-order valence-electron chi connectivity index (χ2n) is 4.04. The van der Waals surface area contributed by atoms with Crippen LogP contribution in [-0.2, 0) is 19.1 Å². The van der Waals surface area contributed by atoms with E-state index < -0.39 is 30.0 Å². The number of aliphatic carboxylic acids is 2. The lowest BCUT2D eigenvalue weighted by molar-refractivity contribution is -0.143. The summed E-state index contributed by atoms with van der Waals surface area (Å²) in [7, 11) is 1.41. The van der Waals surface area contributed by atoms with E-state index in [2.05, 4.69) is 5.32 Å². The first kappa shape index (κ1) is 17.3. The van der Waals surface area contributed by atoms with Gasteiger partial charge in [0.2, 0.25) is 5.91 Å². The molecule has 0 saturated carbocycles. The fraction of sp³-hybridized carbons (Fsp3) is 0.727. The van der Waals surface area contributed by atoms with Crippen LogP contribution in [0.1, 0.15) is 25.7 Å². The second kappa shape index (κ2) is 9.29. The van der Waals surface area contributed by atoms with Crippen LogP contribution in [0.25, 0.3) is 0 Å². The van der Waals surface area contributed by atoms with Gasteiger partial charge in [0, 0.05) is 20.1 Å². The summed E-state index contributed by atoms with van der Waals surface area (Å²) in [6, 6.07) is -1.10. The Morgan fingerprint density at radius 2 is 1.95 bits per heavy atom. The van der Waals surface area contributed by atoms with Crippen molar-refractivity contribution in [2.24, 2.45) is 5.73 Å². The van der Waals surface area contributed by atoms with Crippen molar-refractivity contribution in [2.45, 2.75) is 37.8 Å². The lowest BCUT2D eigenvalue weighted by atomic mass is 10.1. The maximum Gasteiger partial charge on any atom is 0.326 e. The number of nitrogens with one attached hydrogen (secondary N) is 1. The Hall–Kier alpha value is -1.67. The number of carboxylic acid groups (broad SMARTS) is 2. The molecule has 0 aliphatic carbocycles. The first-order valence-corrected chi connectivity index (χ1v) is 5.87. The van der Waals surface area contributed by atoms with Crippen LogP contribution in [0.2, 0.25) is 0 Å². The number of methoxy groups -OCH3 is 1. The Kier molecular flexibility index (Phi) is 8.47. The van der Waals surface area contributed by atoms with Crippen molar-refractivity contribution < 1.29 is 29.3 Å². The van der Waals surface area contributed by atoms with Crippen LogP contribution in [0.3, 0.4) is 0 Å². The number of carbonyl (C=O) groups is 3. The molecule has 19 heavy (non-hydrogen) atoms. The Bertz CT molecular complexity index is 316. The molecule has 0 spiro atoms. The van der Waals surface area contributed by atoms with Crippen molar-refractivity contribution in [1.82, 2.24) is 5.32 Å². The van der Waals surface area contributed by atoms with E-state index in [1.165, 1.54) is 7.11 Å². The Balaban J connectivity index is 4.22. The molecule has 0 aliphatic rings. The van der Waals surface area contributed by atoms with Crippen molar-refractivity contribution in [3.8, 4) is 0 Å². The molecular weight excluding hydrogens is 256 g/mol. The highest BCUT2D eigenvalue weighted by Gasteiger charge is 2.21. The van der Waals surface area contributed by atoms with E-state index >= 15 is 0 Å². The van der Waals surface area contributed by atoms with Crippen LogP contribution in [0, 0.1) is 0 Å². The zero-order valence-corrected chi connectivity index (χ0v) is 10.8. The average Bonchev–Trinajstić information content (AvgIpc) is 2.34. The predicted octanol–water partition coefficient (Wildman–Crippen LogP) is -0.825. The molecule has 0 rings (SSSR count). The van der Waals surface area contributed by atoms with Gasteiger partial charge in [-0.2, -0.15) is 0 Å². The third-order valence-electron chi connectivity index (χ3n) is 2.53. The van der Waals surface area contributed by atoms with Crippen molar-refractivity contribution >= 4 is 17.8 Å². The Labute approximate surface area is 110 Å². The lowest BCUT2D eigenvalue weighted by Gasteiger charge is -2.16. The van der Waals surface area contributed by atoms with Crippen molar-refractivity contribution in [3.05, 3.63) is 0 Å². The molecule has 110 valence electrons. The van der Waals surface area contributed by atoms with Gasteiger partial charge in [-0.05, 0) is 12.8 Å². The van der Waals surface area contributed by atoms with Gasteiger partial charge in [-0.3, -0.25) is 9.59 Å². The topological polar surface area (TPSA) is 139 Å². The SMILES string of the molecule is COC(CN)CC(=O)N[C@H](CCCC(=O)O)C(=O)O. The zero-order valence-electron chi connectivity index (χ0n) is 10.8. The number of amides is 1. The maximum atomic E-state index is 11.6. The van der Waals surface area contributed by atoms with E-state index in [-0.39, 0.29) is 32.2 Å². The van der Waals surface area contributed by atoms with E-state index in [0.29, 0.717) is 0 Å². The lowest BCUT2D eigenvalue weighted by Crippen LogP contribution is -2.42. The summed E-state index contributed by atoms with van der Waals surface area (Å²) in [4.78, 5) is 32.8. The Morgan fingerprint density at radius 1 is 1.32 bits per heavy atom. The number of carboxylic acids is 2. The third-order valence-corrected chi connectivity index (χ3v) is 2.53. The minimum absolute atomic E-state index is 0.0320. The Morgan fingerprint density at radius 3 is 2.37 bits per heavy atom. The molecule has 5 N–H and O–H groups in total. The summed E-state index contributed by atoms with van der Waals surface area (Å²) in [5, 5.41) is 19.7. The number of hydrogen-bond donors (Lipinski definition) is 4. The van der Waals surface area contributed by atoms with Crippen LogP contribution in [0.15, 0.2) is 0 Å². The summed E-state index contributed by atoms with van der Waals surface area (Å²) in [6.45, 7) is 0.153. The van der Waals surface area contributed by atoms with E-state index in [9.17, 15) is 14.4 Å². The van der Waals surface area contributed by atoms with Gasteiger partial charge in [0.25, 0.3) is 0 Å². The normalized spacial score (nSPS) is 13.6. The molecule has 1 amide bonds. The second-order valence-corrected chi connectivity index (χ2v) is 4.04. The zero-order chi connectivity index (χ0) is 14.8. The molecule has 0 radical (unpaired) electrons. The fourth-order valence-corrected chi connectivity index (χ4v) is 1.44. The summed E-state index contributed by atoms with van der Waals surface area (Å²) < 4.78 is 4.91. The molecule has 8 heteroatoms. The van der Waals surface area contributed by atoms with Gasteiger partial charge in [0.1, 0.15) is 6.04 Å². The fourth-order valence-electron chi connectivity index (χ4n) is 1.44. The van der Waals surface area contributed by atoms with Gasteiger partial charge in [0.15, 0.2) is 0 Å². The molecule has 0 bridgehead atoms. The molecule has 8 nitrogen and oxygen atoms in total. The summed E-state index contributed by atoms with van der Waals surface area (Å²) in [5.74, 6) is -2.68. The number of carbonyl (C=O) groups excluding carboxylic acids is 1. The first-order valence-electron chi connectivity index (χ1n) is 5.87. The van der Waals surface area contributed by atoms with Gasteiger partial charge in [-0.15, -0.1) is 0 Å². The van der Waals surface area contributed by atoms with E-state index in [4.69, 9.17) is 20.7 Å². The van der Waals surface area contributed by atoms with Gasteiger partial charge >= 0.3 is 11.9 Å². The highest BCUT2D eigenvalue weighted by Crippen LogP contribution is 2.03. The quantitative estimate of drug-likeness (QED) is 0.408. The van der Waals surface area contributed by atoms with Gasteiger partial charge in [-0.1, -0.05) is 0 Å². The molecule has 1 unspecified atom stereocenters. The van der Waals surface area contributed by atoms with Crippen molar-refractivity contribution in [3.63, 3.8) is 0 Å². The van der Waals surface area contributed by atoms with Gasteiger partial charge in [0.05, 0.1) is 12.5 Å². The summed E-state index contributed by atoms with van der Waals surface area (Å²) in [5.41, 5.74) is 5.35. The highest BCUT2D eigenvalue weighted by molar-refractivity contribution is 5.83. The largest absolute Gasteiger partial charge is 0.481 e. The number of nitrogens with two attached hydrogens (primary N) is 1. The van der Waals surface area contributed by atoms with Gasteiger partial charge < -0.3 is 26.0 Å². The third kappa shape index (κ3) is 8.11. The minimum atomic E-state index is -1.19. The molecule has 0 aliphatic heterocycles. The molecule has 0 saturated heterocycles. The van der Waals surface area contributed by atoms with E-state index in [1.807, 2.05) is 0 Å². The molecule has 0 aromatic rings. The molecular formula is C11H20N2O6. The van der Waals surface area contributed by atoms with Crippen LogP contribution in [-0.4, -0.2) is 53.9 Å². The van der Waals surface area contributed by atoms with Crippen LogP contribution < -0.4 is 11.1 Å². The van der Waals surface area contributed by atoms with Gasteiger partial charge in [-0.25, -0.2) is 4.79 Å². The summed E-state index contributed by atoms with van der Waals surface area (Å²) >= 11 is 0. The average molecular weight is 276 g/mol. The highest BCUT2D eigenvalue weighted by atomic mass is 16.5. The summed E-state index contributed by atoms with van der Waals surface area (Å²) in [6.07, 6.45) is -0.391. The monoisotopic (exact) mass is 276 g/mol. The van der Waals surface area contributed by atoms with Crippen LogP contribution in [0.4, 0.5) is 0 Å².